The SMILES string of the molecule is CC(C)C(=O)N1CCn2nc(Nc3cc(B4OC(C)(C)C(C)(C)O4)cn(C)c3=O)cc2C1. The smallest absolute Gasteiger partial charge is 0.399 e. The van der Waals surface area contributed by atoms with Gasteiger partial charge in [-0.3, -0.25) is 14.3 Å². The number of carbonyl (C=O) groups excluding carboxylic acids is 1. The molecule has 0 aromatic carbocycles. The first kappa shape index (κ1) is 22.6. The fourth-order valence-corrected chi connectivity index (χ4v) is 3.95. The predicted molar refractivity (Wildman–Crippen MR) is 123 cm³/mol. The predicted octanol–water partition coefficient (Wildman–Crippen LogP) is 1.62. The summed E-state index contributed by atoms with van der Waals surface area (Å²) in [4.78, 5) is 27.0. The maximum atomic E-state index is 12.8. The molecular weight excluding hydrogens is 409 g/mol. The maximum absolute atomic E-state index is 12.8. The summed E-state index contributed by atoms with van der Waals surface area (Å²) in [5.41, 5.74) is 0.973. The summed E-state index contributed by atoms with van der Waals surface area (Å²) in [7, 11) is 1.13. The molecule has 4 heterocycles. The molecule has 1 saturated heterocycles. The average molecular weight is 441 g/mol. The molecule has 1 fully saturated rings. The molecule has 9 nitrogen and oxygen atoms in total. The molecule has 172 valence electrons. The zero-order chi connectivity index (χ0) is 23.4. The lowest BCUT2D eigenvalue weighted by molar-refractivity contribution is -0.136. The van der Waals surface area contributed by atoms with E-state index in [1.165, 1.54) is 4.57 Å². The van der Waals surface area contributed by atoms with E-state index in [9.17, 15) is 9.59 Å². The molecule has 0 spiro atoms. The lowest BCUT2D eigenvalue weighted by Gasteiger charge is -2.32. The third kappa shape index (κ3) is 3.97. The molecule has 2 aliphatic rings. The molecule has 0 saturated carbocycles. The van der Waals surface area contributed by atoms with Gasteiger partial charge in [-0.2, -0.15) is 5.10 Å². The summed E-state index contributed by atoms with van der Waals surface area (Å²) < 4.78 is 15.7. The highest BCUT2D eigenvalue weighted by Crippen LogP contribution is 2.36. The van der Waals surface area contributed by atoms with Gasteiger partial charge < -0.3 is 24.1 Å². The fraction of sp³-hybridized carbons (Fsp3) is 0.591. The largest absolute Gasteiger partial charge is 0.496 e. The molecule has 2 aromatic heterocycles. The number of rotatable bonds is 4. The second-order valence-corrected chi connectivity index (χ2v) is 9.97. The molecule has 4 rings (SSSR count). The monoisotopic (exact) mass is 441 g/mol. The van der Waals surface area contributed by atoms with Crippen molar-refractivity contribution in [2.45, 2.75) is 65.8 Å². The average Bonchev–Trinajstić information content (AvgIpc) is 3.20. The van der Waals surface area contributed by atoms with Crippen LogP contribution >= 0.6 is 0 Å². The Labute approximate surface area is 188 Å². The number of hydrogen-bond donors (Lipinski definition) is 1. The zero-order valence-electron chi connectivity index (χ0n) is 19.9. The Hall–Kier alpha value is -2.59. The van der Waals surface area contributed by atoms with Gasteiger partial charge in [0.1, 0.15) is 5.69 Å². The number of aromatic nitrogens is 3. The number of amides is 1. The third-order valence-corrected chi connectivity index (χ3v) is 6.60. The molecule has 2 aromatic rings. The minimum absolute atomic E-state index is 0.0391. The van der Waals surface area contributed by atoms with Crippen molar-refractivity contribution in [1.82, 2.24) is 19.2 Å². The van der Waals surface area contributed by atoms with Crippen LogP contribution in [0.3, 0.4) is 0 Å². The second kappa shape index (κ2) is 7.77. The summed E-state index contributed by atoms with van der Waals surface area (Å²) in [5.74, 6) is 0.667. The van der Waals surface area contributed by atoms with Gasteiger partial charge in [0.05, 0.1) is 30.0 Å². The summed E-state index contributed by atoms with van der Waals surface area (Å²) >= 11 is 0. The number of hydrogen-bond acceptors (Lipinski definition) is 6. The van der Waals surface area contributed by atoms with Crippen LogP contribution in [0.2, 0.25) is 0 Å². The molecule has 32 heavy (non-hydrogen) atoms. The van der Waals surface area contributed by atoms with E-state index in [4.69, 9.17) is 9.31 Å². The quantitative estimate of drug-likeness (QED) is 0.726. The maximum Gasteiger partial charge on any atom is 0.496 e. The van der Waals surface area contributed by atoms with E-state index in [1.54, 1.807) is 19.3 Å². The van der Waals surface area contributed by atoms with E-state index in [1.807, 2.05) is 57.2 Å². The van der Waals surface area contributed by atoms with Crippen LogP contribution in [0.15, 0.2) is 23.1 Å². The number of aryl methyl sites for hydroxylation is 1. The lowest BCUT2D eigenvalue weighted by atomic mass is 9.80. The minimum atomic E-state index is -0.571. The zero-order valence-corrected chi connectivity index (χ0v) is 19.9. The molecule has 1 N–H and O–H groups in total. The second-order valence-electron chi connectivity index (χ2n) is 9.97. The van der Waals surface area contributed by atoms with Gasteiger partial charge in [-0.25, -0.2) is 0 Å². The van der Waals surface area contributed by atoms with Crippen LogP contribution in [0.5, 0.6) is 0 Å². The topological polar surface area (TPSA) is 90.6 Å². The van der Waals surface area contributed by atoms with Gasteiger partial charge in [-0.05, 0) is 33.8 Å². The van der Waals surface area contributed by atoms with Crippen LogP contribution in [0.4, 0.5) is 11.5 Å². The van der Waals surface area contributed by atoms with E-state index in [0.717, 1.165) is 11.2 Å². The highest BCUT2D eigenvalue weighted by Gasteiger charge is 2.52. The highest BCUT2D eigenvalue weighted by atomic mass is 16.7. The Kier molecular flexibility index (Phi) is 5.49. The van der Waals surface area contributed by atoms with Gasteiger partial charge in [0.25, 0.3) is 5.56 Å². The van der Waals surface area contributed by atoms with E-state index in [0.29, 0.717) is 31.1 Å². The normalized spacial score (nSPS) is 19.4. The first-order chi connectivity index (χ1) is 14.9. The molecule has 0 unspecified atom stereocenters. The van der Waals surface area contributed by atoms with Crippen molar-refractivity contribution in [1.29, 1.82) is 0 Å². The summed E-state index contributed by atoms with van der Waals surface area (Å²) in [6, 6.07) is 3.65. The van der Waals surface area contributed by atoms with Crippen molar-refractivity contribution in [3.63, 3.8) is 0 Å². The molecule has 0 bridgehead atoms. The Balaban J connectivity index is 1.57. The van der Waals surface area contributed by atoms with Crippen LogP contribution in [-0.2, 0) is 34.2 Å². The van der Waals surface area contributed by atoms with Crippen molar-refractivity contribution in [3.8, 4) is 0 Å². The van der Waals surface area contributed by atoms with E-state index in [2.05, 4.69) is 10.4 Å². The molecule has 0 radical (unpaired) electrons. The molecule has 2 aliphatic heterocycles. The first-order valence-corrected chi connectivity index (χ1v) is 11.1. The Morgan fingerprint density at radius 3 is 2.44 bits per heavy atom. The first-order valence-electron chi connectivity index (χ1n) is 11.1. The van der Waals surface area contributed by atoms with Crippen LogP contribution < -0.4 is 16.3 Å². The number of fused-ring (bicyclic) bond motifs is 1. The van der Waals surface area contributed by atoms with Gasteiger partial charge in [-0.15, -0.1) is 0 Å². The minimum Gasteiger partial charge on any atom is -0.399 e. The number of anilines is 2. The number of nitrogens with one attached hydrogen (secondary N) is 1. The summed E-state index contributed by atoms with van der Waals surface area (Å²) in [6.45, 7) is 13.6. The van der Waals surface area contributed by atoms with Gasteiger partial charge in [0, 0.05) is 37.2 Å². The fourth-order valence-electron chi connectivity index (χ4n) is 3.95. The van der Waals surface area contributed by atoms with Gasteiger partial charge in [-0.1, -0.05) is 13.8 Å². The molecule has 0 atom stereocenters. The summed E-state index contributed by atoms with van der Waals surface area (Å²) in [6.07, 6.45) is 1.74. The number of pyridine rings is 1. The van der Waals surface area contributed by atoms with Crippen LogP contribution in [-0.4, -0.2) is 50.0 Å². The van der Waals surface area contributed by atoms with Crippen molar-refractivity contribution in [2.75, 3.05) is 11.9 Å². The Morgan fingerprint density at radius 1 is 1.16 bits per heavy atom. The van der Waals surface area contributed by atoms with Crippen molar-refractivity contribution in [3.05, 3.63) is 34.4 Å². The standard InChI is InChI=1S/C22H32BN5O4/c1-14(2)19(29)27-8-9-28-16(13-27)11-18(25-28)24-17-10-15(12-26(7)20(17)30)23-31-21(3,4)22(5,6)32-23/h10-12,14H,8-9,13H2,1-7H3,(H,24,25). The molecule has 10 heteroatoms. The number of carbonyl (C=O) groups is 1. The molecule has 0 aliphatic carbocycles. The molecule has 1 amide bonds. The highest BCUT2D eigenvalue weighted by molar-refractivity contribution is 6.62. The number of nitrogens with zero attached hydrogens (tertiary/aromatic N) is 4. The van der Waals surface area contributed by atoms with Crippen molar-refractivity contribution >= 4 is 30.0 Å². The van der Waals surface area contributed by atoms with Crippen LogP contribution in [0, 0.1) is 5.92 Å². The summed E-state index contributed by atoms with van der Waals surface area (Å²) in [5, 5.41) is 7.75. The lowest BCUT2D eigenvalue weighted by Crippen LogP contribution is -2.41. The van der Waals surface area contributed by atoms with E-state index < -0.39 is 18.3 Å². The van der Waals surface area contributed by atoms with E-state index in [-0.39, 0.29) is 17.4 Å². The van der Waals surface area contributed by atoms with Crippen molar-refractivity contribution in [2.24, 2.45) is 13.0 Å². The molecular formula is C22H32BN5O4. The van der Waals surface area contributed by atoms with Gasteiger partial charge >= 0.3 is 7.12 Å². The van der Waals surface area contributed by atoms with E-state index >= 15 is 0 Å². The van der Waals surface area contributed by atoms with Crippen LogP contribution in [0.1, 0.15) is 47.2 Å². The Morgan fingerprint density at radius 2 is 1.81 bits per heavy atom. The van der Waals surface area contributed by atoms with Gasteiger partial charge in [0.15, 0.2) is 5.82 Å². The van der Waals surface area contributed by atoms with Gasteiger partial charge in [0.2, 0.25) is 5.91 Å². The third-order valence-electron chi connectivity index (χ3n) is 6.60. The van der Waals surface area contributed by atoms with Crippen LogP contribution in [0.25, 0.3) is 0 Å². The van der Waals surface area contributed by atoms with Crippen molar-refractivity contribution < 1.29 is 14.1 Å². The Bertz CT molecular complexity index is 1090.